The molecule has 1 unspecified atom stereocenters. The van der Waals surface area contributed by atoms with Gasteiger partial charge >= 0.3 is 0 Å². The average molecular weight is 244 g/mol. The van der Waals surface area contributed by atoms with Crippen molar-refractivity contribution in [2.75, 3.05) is 5.73 Å². The van der Waals surface area contributed by atoms with Gasteiger partial charge in [-0.25, -0.2) is 9.67 Å². The number of nitrogen functional groups attached to an aromatic ring is 1. The van der Waals surface area contributed by atoms with E-state index in [0.29, 0.717) is 11.6 Å². The molecule has 1 aromatic carbocycles. The highest BCUT2D eigenvalue weighted by Gasteiger charge is 2.22. The molecule has 1 aromatic heterocycles. The van der Waals surface area contributed by atoms with E-state index in [9.17, 15) is 5.11 Å². The number of benzene rings is 1. The molecule has 1 aliphatic rings. The SMILES string of the molecule is Cc1ccc(-c2nc3n(n2)CCCC3O)cc1N. The minimum atomic E-state index is -0.497. The third-order valence-corrected chi connectivity index (χ3v) is 3.38. The number of aliphatic hydroxyl groups is 1. The first-order chi connectivity index (χ1) is 8.65. The molecule has 1 aliphatic heterocycles. The van der Waals surface area contributed by atoms with E-state index in [0.717, 1.165) is 36.2 Å². The van der Waals surface area contributed by atoms with E-state index < -0.39 is 6.10 Å². The summed E-state index contributed by atoms with van der Waals surface area (Å²) in [5.74, 6) is 1.30. The van der Waals surface area contributed by atoms with Crippen LogP contribution in [0.15, 0.2) is 18.2 Å². The van der Waals surface area contributed by atoms with Crippen LogP contribution < -0.4 is 5.73 Å². The van der Waals surface area contributed by atoms with Gasteiger partial charge in [-0.1, -0.05) is 12.1 Å². The Kier molecular flexibility index (Phi) is 2.56. The van der Waals surface area contributed by atoms with Gasteiger partial charge in [-0.3, -0.25) is 0 Å². The third-order valence-electron chi connectivity index (χ3n) is 3.38. The lowest BCUT2D eigenvalue weighted by atomic mass is 10.1. The van der Waals surface area contributed by atoms with Crippen LogP contribution in [0, 0.1) is 6.92 Å². The predicted molar refractivity (Wildman–Crippen MR) is 68.8 cm³/mol. The van der Waals surface area contributed by atoms with Gasteiger partial charge in [0.2, 0.25) is 0 Å². The first kappa shape index (κ1) is 11.2. The summed E-state index contributed by atoms with van der Waals surface area (Å²) < 4.78 is 1.79. The largest absolute Gasteiger partial charge is 0.398 e. The fourth-order valence-electron chi connectivity index (χ4n) is 2.23. The highest BCUT2D eigenvalue weighted by atomic mass is 16.3. The molecule has 2 heterocycles. The molecule has 0 bridgehead atoms. The van der Waals surface area contributed by atoms with Gasteiger partial charge in [0.1, 0.15) is 6.10 Å². The zero-order valence-corrected chi connectivity index (χ0v) is 10.3. The molecule has 0 amide bonds. The smallest absolute Gasteiger partial charge is 0.181 e. The van der Waals surface area contributed by atoms with E-state index in [1.807, 2.05) is 25.1 Å². The first-order valence-corrected chi connectivity index (χ1v) is 6.14. The van der Waals surface area contributed by atoms with Gasteiger partial charge in [0.15, 0.2) is 11.6 Å². The average Bonchev–Trinajstić information content (AvgIpc) is 2.78. The maximum absolute atomic E-state index is 9.87. The molecule has 0 saturated carbocycles. The third kappa shape index (κ3) is 1.76. The van der Waals surface area contributed by atoms with Crippen LogP contribution in [0.2, 0.25) is 0 Å². The molecule has 18 heavy (non-hydrogen) atoms. The van der Waals surface area contributed by atoms with Gasteiger partial charge in [-0.15, -0.1) is 0 Å². The molecule has 0 spiro atoms. The topological polar surface area (TPSA) is 77.0 Å². The zero-order valence-electron chi connectivity index (χ0n) is 10.3. The number of aryl methyl sites for hydroxylation is 2. The monoisotopic (exact) mass is 244 g/mol. The molecule has 5 heteroatoms. The molecule has 3 N–H and O–H groups in total. The summed E-state index contributed by atoms with van der Waals surface area (Å²) in [6.45, 7) is 2.79. The Balaban J connectivity index is 2.04. The van der Waals surface area contributed by atoms with Crippen LogP contribution in [0.5, 0.6) is 0 Å². The van der Waals surface area contributed by atoms with Crippen LogP contribution in [0.4, 0.5) is 5.69 Å². The van der Waals surface area contributed by atoms with Gasteiger partial charge in [-0.2, -0.15) is 5.10 Å². The Labute approximate surface area is 105 Å². The maximum atomic E-state index is 9.87. The molecule has 0 saturated heterocycles. The van der Waals surface area contributed by atoms with E-state index >= 15 is 0 Å². The highest BCUT2D eigenvalue weighted by molar-refractivity contribution is 5.63. The van der Waals surface area contributed by atoms with Crippen molar-refractivity contribution in [3.05, 3.63) is 29.6 Å². The van der Waals surface area contributed by atoms with Crippen LogP contribution >= 0.6 is 0 Å². The van der Waals surface area contributed by atoms with Crippen molar-refractivity contribution in [3.63, 3.8) is 0 Å². The minimum Gasteiger partial charge on any atom is -0.398 e. The van der Waals surface area contributed by atoms with Gasteiger partial charge < -0.3 is 10.8 Å². The van der Waals surface area contributed by atoms with Gasteiger partial charge in [0.05, 0.1) is 0 Å². The number of nitrogens with two attached hydrogens (primary N) is 1. The fourth-order valence-corrected chi connectivity index (χ4v) is 2.23. The predicted octanol–water partition coefficient (Wildman–Crippen LogP) is 1.66. The van der Waals surface area contributed by atoms with E-state index in [1.54, 1.807) is 4.68 Å². The molecule has 2 aromatic rings. The van der Waals surface area contributed by atoms with Crippen LogP contribution in [0.1, 0.15) is 30.3 Å². The molecular formula is C13H16N4O. The lowest BCUT2D eigenvalue weighted by Crippen LogP contribution is -2.16. The number of anilines is 1. The van der Waals surface area contributed by atoms with E-state index in [1.165, 1.54) is 0 Å². The Morgan fingerprint density at radius 1 is 1.44 bits per heavy atom. The van der Waals surface area contributed by atoms with Gasteiger partial charge in [0, 0.05) is 17.8 Å². The quantitative estimate of drug-likeness (QED) is 0.748. The normalized spacial score (nSPS) is 18.7. The summed E-state index contributed by atoms with van der Waals surface area (Å²) in [5.41, 5.74) is 8.57. The number of rotatable bonds is 1. The molecule has 0 fully saturated rings. The number of hydrogen-bond acceptors (Lipinski definition) is 4. The van der Waals surface area contributed by atoms with Crippen molar-refractivity contribution < 1.29 is 5.11 Å². The molecule has 0 aliphatic carbocycles. The summed E-state index contributed by atoms with van der Waals surface area (Å²) in [4.78, 5) is 4.42. The Bertz CT molecular complexity index is 591. The van der Waals surface area contributed by atoms with Crippen LogP contribution in [0.3, 0.4) is 0 Å². The van der Waals surface area contributed by atoms with E-state index in [-0.39, 0.29) is 0 Å². The summed E-state index contributed by atoms with van der Waals surface area (Å²) in [5, 5.41) is 14.3. The molecule has 3 rings (SSSR count). The highest BCUT2D eigenvalue weighted by Crippen LogP contribution is 2.27. The molecular weight excluding hydrogens is 228 g/mol. The second-order valence-corrected chi connectivity index (χ2v) is 4.75. The first-order valence-electron chi connectivity index (χ1n) is 6.14. The number of hydrogen-bond donors (Lipinski definition) is 2. The lowest BCUT2D eigenvalue weighted by Gasteiger charge is -2.16. The second kappa shape index (κ2) is 4.10. The van der Waals surface area contributed by atoms with Crippen LogP contribution in [-0.4, -0.2) is 19.9 Å². The Morgan fingerprint density at radius 2 is 2.28 bits per heavy atom. The molecule has 1 atom stereocenters. The van der Waals surface area contributed by atoms with Gasteiger partial charge in [0.25, 0.3) is 0 Å². The van der Waals surface area contributed by atoms with Crippen molar-refractivity contribution in [2.45, 2.75) is 32.4 Å². The molecule has 94 valence electrons. The van der Waals surface area contributed by atoms with Crippen molar-refractivity contribution in [1.82, 2.24) is 14.8 Å². The molecule has 0 radical (unpaired) electrons. The summed E-state index contributed by atoms with van der Waals surface area (Å²) in [7, 11) is 0. The second-order valence-electron chi connectivity index (χ2n) is 4.75. The number of aliphatic hydroxyl groups excluding tert-OH is 1. The Morgan fingerprint density at radius 3 is 3.00 bits per heavy atom. The van der Waals surface area contributed by atoms with Crippen molar-refractivity contribution in [2.24, 2.45) is 0 Å². The number of nitrogens with zero attached hydrogens (tertiary/aromatic N) is 3. The lowest BCUT2D eigenvalue weighted by molar-refractivity contribution is 0.130. The number of aromatic nitrogens is 3. The standard InChI is InChI=1S/C13H16N4O/c1-8-4-5-9(7-10(8)14)12-15-13-11(18)3-2-6-17(13)16-12/h4-5,7,11,18H,2-3,6,14H2,1H3. The minimum absolute atomic E-state index is 0.497. The van der Waals surface area contributed by atoms with E-state index in [4.69, 9.17) is 5.73 Å². The number of fused-ring (bicyclic) bond motifs is 1. The summed E-state index contributed by atoms with van der Waals surface area (Å²) in [6, 6.07) is 5.80. The van der Waals surface area contributed by atoms with Crippen LogP contribution in [0.25, 0.3) is 11.4 Å². The van der Waals surface area contributed by atoms with E-state index in [2.05, 4.69) is 10.1 Å². The van der Waals surface area contributed by atoms with Crippen molar-refractivity contribution in [3.8, 4) is 11.4 Å². The van der Waals surface area contributed by atoms with Crippen molar-refractivity contribution in [1.29, 1.82) is 0 Å². The Hall–Kier alpha value is -1.88. The van der Waals surface area contributed by atoms with Crippen molar-refractivity contribution >= 4 is 5.69 Å². The summed E-state index contributed by atoms with van der Waals surface area (Å²) >= 11 is 0. The zero-order chi connectivity index (χ0) is 12.7. The summed E-state index contributed by atoms with van der Waals surface area (Å²) in [6.07, 6.45) is 1.20. The van der Waals surface area contributed by atoms with Crippen LogP contribution in [-0.2, 0) is 6.54 Å². The fraction of sp³-hybridized carbons (Fsp3) is 0.385. The molecule has 5 nitrogen and oxygen atoms in total. The maximum Gasteiger partial charge on any atom is 0.181 e. The van der Waals surface area contributed by atoms with Gasteiger partial charge in [-0.05, 0) is 31.4 Å².